The number of esters is 1. The van der Waals surface area contributed by atoms with Crippen molar-refractivity contribution in [1.82, 2.24) is 5.16 Å². The van der Waals surface area contributed by atoms with Crippen LogP contribution in [-0.4, -0.2) is 16.9 Å². The number of aromatic nitrogens is 1. The van der Waals surface area contributed by atoms with E-state index in [4.69, 9.17) is 13.7 Å². The Morgan fingerprint density at radius 1 is 0.829 bits per heavy atom. The Morgan fingerprint density at radius 3 is 2.11 bits per heavy atom. The molecule has 0 saturated heterocycles. The van der Waals surface area contributed by atoms with Gasteiger partial charge in [0.2, 0.25) is 5.78 Å². The fraction of sp³-hybridized carbons (Fsp3) is 0.138. The van der Waals surface area contributed by atoms with E-state index >= 15 is 0 Å². The van der Waals surface area contributed by atoms with E-state index in [2.05, 4.69) is 29.4 Å². The minimum atomic E-state index is -0.621. The molecule has 2 bridgehead atoms. The van der Waals surface area contributed by atoms with Crippen molar-refractivity contribution in [3.63, 3.8) is 0 Å². The van der Waals surface area contributed by atoms with Gasteiger partial charge in [-0.15, -0.1) is 0 Å². The molecule has 6 rings (SSSR count). The topological polar surface area (TPSA) is 82.5 Å². The summed E-state index contributed by atoms with van der Waals surface area (Å²) in [6.07, 6.45) is 0. The van der Waals surface area contributed by atoms with Crippen molar-refractivity contribution in [2.75, 3.05) is 0 Å². The van der Waals surface area contributed by atoms with Crippen LogP contribution < -0.4 is 0 Å². The molecule has 0 saturated carbocycles. The summed E-state index contributed by atoms with van der Waals surface area (Å²) < 4.78 is 16.9. The Bertz CT molecular complexity index is 1640. The van der Waals surface area contributed by atoms with Crippen LogP contribution in [0, 0.1) is 27.7 Å². The molecule has 0 fully saturated rings. The van der Waals surface area contributed by atoms with E-state index in [9.17, 15) is 9.59 Å². The number of benzene rings is 3. The number of hydrogen-bond acceptors (Lipinski definition) is 6. The van der Waals surface area contributed by atoms with E-state index in [-0.39, 0.29) is 17.1 Å². The zero-order chi connectivity index (χ0) is 24.4. The third-order valence-corrected chi connectivity index (χ3v) is 6.58. The lowest BCUT2D eigenvalue weighted by Gasteiger charge is -2.15. The molecule has 6 heteroatoms. The first-order valence-corrected chi connectivity index (χ1v) is 11.3. The maximum Gasteiger partial charge on any atom is 0.349 e. The zero-order valence-electron chi connectivity index (χ0n) is 19.7. The Labute approximate surface area is 201 Å². The highest BCUT2D eigenvalue weighted by Gasteiger charge is 2.41. The molecular weight excluding hydrogens is 442 g/mol. The second kappa shape index (κ2) is 7.53. The number of carbonyl (C=O) groups is 2. The molecule has 1 aliphatic rings. The van der Waals surface area contributed by atoms with E-state index in [1.807, 2.05) is 32.0 Å². The highest BCUT2D eigenvalue weighted by Crippen LogP contribution is 2.48. The van der Waals surface area contributed by atoms with Gasteiger partial charge in [0.05, 0.1) is 22.4 Å². The van der Waals surface area contributed by atoms with Crippen molar-refractivity contribution in [2.45, 2.75) is 27.7 Å². The zero-order valence-corrected chi connectivity index (χ0v) is 19.7. The summed E-state index contributed by atoms with van der Waals surface area (Å²) in [5, 5.41) is 3.86. The summed E-state index contributed by atoms with van der Waals surface area (Å²) in [6, 6.07) is 17.7. The van der Waals surface area contributed by atoms with E-state index in [0.29, 0.717) is 39.3 Å². The molecule has 0 spiro atoms. The minimum Gasteiger partial charge on any atom is -0.456 e. The molecule has 0 atom stereocenters. The molecule has 0 aliphatic heterocycles. The molecule has 5 aromatic rings. The monoisotopic (exact) mass is 463 g/mol. The largest absolute Gasteiger partial charge is 0.456 e. The van der Waals surface area contributed by atoms with Crippen LogP contribution in [0.15, 0.2) is 63.5 Å². The van der Waals surface area contributed by atoms with E-state index in [1.165, 1.54) is 0 Å². The third-order valence-electron chi connectivity index (χ3n) is 6.58. The van der Waals surface area contributed by atoms with Crippen LogP contribution >= 0.6 is 0 Å². The van der Waals surface area contributed by atoms with Gasteiger partial charge in [0.25, 0.3) is 0 Å². The van der Waals surface area contributed by atoms with Crippen molar-refractivity contribution in [2.24, 2.45) is 0 Å². The van der Waals surface area contributed by atoms with Crippen molar-refractivity contribution in [3.8, 4) is 11.1 Å². The predicted molar refractivity (Wildman–Crippen MR) is 131 cm³/mol. The number of allylic oxidation sites excluding steroid dienone is 1. The van der Waals surface area contributed by atoms with Gasteiger partial charge in [-0.25, -0.2) is 4.79 Å². The number of fused-ring (bicyclic) bond motifs is 5. The van der Waals surface area contributed by atoms with Gasteiger partial charge in [-0.3, -0.25) is 4.79 Å². The van der Waals surface area contributed by atoms with Crippen molar-refractivity contribution in [1.29, 1.82) is 0 Å². The highest BCUT2D eigenvalue weighted by atomic mass is 16.5. The molecule has 2 aromatic carbocycles. The van der Waals surface area contributed by atoms with Crippen molar-refractivity contribution >= 4 is 34.3 Å². The molecule has 0 unspecified atom stereocenters. The first-order valence-electron chi connectivity index (χ1n) is 11.3. The minimum absolute atomic E-state index is 0.211. The summed E-state index contributed by atoms with van der Waals surface area (Å²) in [5.41, 5.74) is 7.72. The van der Waals surface area contributed by atoms with Crippen LogP contribution in [0.2, 0.25) is 0 Å². The lowest BCUT2D eigenvalue weighted by atomic mass is 9.90. The second-order valence-corrected chi connectivity index (χ2v) is 8.89. The standard InChI is InChI=1S/C29H21NO5/c1-14-12-19(18-8-6-5-7-9-18)13-15(2)22(14)26-27(31)24-20-10-11-21(33-20)25(24)28(26)34-29(32)23-16(3)30-35-17(23)4/h5-13H,1-4H3. The first-order chi connectivity index (χ1) is 16.8. The van der Waals surface area contributed by atoms with Crippen LogP contribution in [0.1, 0.15) is 54.4 Å². The Morgan fingerprint density at radius 2 is 1.49 bits per heavy atom. The Balaban J connectivity index is 1.54. The van der Waals surface area contributed by atoms with Gasteiger partial charge in [0.1, 0.15) is 22.5 Å². The SMILES string of the molecule is Cc1cc(-c2ccccc2)cc(C)c1C1=C(OC(=O)c2c(C)noc2C)c2c(c3ccc2o3)C1=O. The van der Waals surface area contributed by atoms with Crippen molar-refractivity contribution < 1.29 is 23.3 Å². The first kappa shape index (κ1) is 21.1. The highest BCUT2D eigenvalue weighted by molar-refractivity contribution is 6.43. The van der Waals surface area contributed by atoms with E-state index < -0.39 is 5.97 Å². The molecule has 35 heavy (non-hydrogen) atoms. The number of Topliss-reactive ketones (excluding diaryl/α,β-unsaturated/α-hetero) is 1. The van der Waals surface area contributed by atoms with Crippen LogP contribution in [0.4, 0.5) is 0 Å². The average Bonchev–Trinajstić information content (AvgIpc) is 3.59. The second-order valence-electron chi connectivity index (χ2n) is 8.89. The van der Waals surface area contributed by atoms with E-state index in [0.717, 1.165) is 27.8 Å². The fourth-order valence-corrected chi connectivity index (χ4v) is 5.06. The molecule has 0 amide bonds. The number of furan rings is 2. The number of ketones is 1. The molecule has 6 nitrogen and oxygen atoms in total. The molecule has 172 valence electrons. The summed E-state index contributed by atoms with van der Waals surface area (Å²) in [7, 11) is 0. The van der Waals surface area contributed by atoms with Gasteiger partial charge < -0.3 is 13.7 Å². The lowest BCUT2D eigenvalue weighted by molar-refractivity contribution is 0.0691. The van der Waals surface area contributed by atoms with Gasteiger partial charge in [-0.2, -0.15) is 0 Å². The third kappa shape index (κ3) is 3.06. The summed E-state index contributed by atoms with van der Waals surface area (Å²) in [5.74, 6) is -0.264. The molecule has 0 radical (unpaired) electrons. The summed E-state index contributed by atoms with van der Waals surface area (Å²) in [4.78, 5) is 27.0. The lowest BCUT2D eigenvalue weighted by Crippen LogP contribution is -2.08. The van der Waals surface area contributed by atoms with Gasteiger partial charge in [0, 0.05) is 0 Å². The molecule has 3 aromatic heterocycles. The molecule has 0 N–H and O–H groups in total. The normalized spacial score (nSPS) is 13.2. The number of hydrogen-bond donors (Lipinski definition) is 0. The maximum atomic E-state index is 13.8. The number of nitrogens with zero attached hydrogens (tertiary/aromatic N) is 1. The number of ether oxygens (including phenoxy) is 1. The fourth-order valence-electron chi connectivity index (χ4n) is 5.06. The quantitative estimate of drug-likeness (QED) is 0.277. The maximum absolute atomic E-state index is 13.8. The van der Waals surface area contributed by atoms with Crippen molar-refractivity contribution in [3.05, 3.63) is 99.4 Å². The average molecular weight is 463 g/mol. The Kier molecular flexibility index (Phi) is 4.54. The van der Waals surface area contributed by atoms with Crippen LogP contribution in [-0.2, 0) is 4.74 Å². The summed E-state index contributed by atoms with van der Waals surface area (Å²) in [6.45, 7) is 7.27. The van der Waals surface area contributed by atoms with Crippen LogP contribution in [0.3, 0.4) is 0 Å². The van der Waals surface area contributed by atoms with Crippen LogP contribution in [0.25, 0.3) is 33.6 Å². The van der Waals surface area contributed by atoms with Gasteiger partial charge in [0.15, 0.2) is 5.76 Å². The van der Waals surface area contributed by atoms with Gasteiger partial charge >= 0.3 is 5.97 Å². The summed E-state index contributed by atoms with van der Waals surface area (Å²) >= 11 is 0. The van der Waals surface area contributed by atoms with E-state index in [1.54, 1.807) is 26.0 Å². The molecule has 3 heterocycles. The number of carbonyl (C=O) groups excluding carboxylic acids is 2. The Hall–Kier alpha value is -4.45. The number of aryl methyl sites for hydroxylation is 4. The molecule has 1 aliphatic carbocycles. The van der Waals surface area contributed by atoms with Gasteiger partial charge in [-0.1, -0.05) is 47.6 Å². The smallest absolute Gasteiger partial charge is 0.349 e. The number of rotatable bonds is 4. The van der Waals surface area contributed by atoms with Crippen LogP contribution in [0.5, 0.6) is 0 Å². The predicted octanol–water partition coefficient (Wildman–Crippen LogP) is 6.68. The van der Waals surface area contributed by atoms with Gasteiger partial charge in [-0.05, 0) is 67.6 Å². The molecular formula is C29H21NO5.